The Labute approximate surface area is 133 Å². The smallest absolute Gasteiger partial charge is 0.191 e. The number of allylic oxidation sites excluding steroid dienone is 1. The van der Waals surface area contributed by atoms with Crippen LogP contribution in [-0.4, -0.2) is 21.2 Å². The van der Waals surface area contributed by atoms with Gasteiger partial charge in [0, 0.05) is 12.3 Å². The zero-order chi connectivity index (χ0) is 15.4. The Bertz CT molecular complexity index is 658. The van der Waals surface area contributed by atoms with Gasteiger partial charge in [0.25, 0.3) is 0 Å². The second kappa shape index (κ2) is 6.95. The van der Waals surface area contributed by atoms with Crippen LogP contribution in [0.1, 0.15) is 30.4 Å². The topological polar surface area (TPSA) is 64.7 Å². The first-order chi connectivity index (χ1) is 9.99. The fourth-order valence-corrected chi connectivity index (χ4v) is 3.08. The summed E-state index contributed by atoms with van der Waals surface area (Å²) < 4.78 is 0. The average Bonchev–Trinajstić information content (AvgIpc) is 2.46. The number of pyridine rings is 1. The molecule has 4 nitrogen and oxygen atoms in total. The van der Waals surface area contributed by atoms with E-state index in [1.54, 1.807) is 29.6 Å². The highest BCUT2D eigenvalue weighted by atomic mass is 32.2. The first-order valence-electron chi connectivity index (χ1n) is 6.46. The van der Waals surface area contributed by atoms with E-state index >= 15 is 0 Å². The first kappa shape index (κ1) is 15.9. The predicted molar refractivity (Wildman–Crippen MR) is 91.4 cm³/mol. The summed E-state index contributed by atoms with van der Waals surface area (Å²) in [6, 6.07) is 5.80. The second-order valence-corrected chi connectivity index (χ2v) is 6.76. The number of aromatic nitrogens is 3. The maximum absolute atomic E-state index is 5.81. The van der Waals surface area contributed by atoms with Crippen LogP contribution in [0, 0.1) is 0 Å². The van der Waals surface area contributed by atoms with Crippen molar-refractivity contribution in [3.05, 3.63) is 42.2 Å². The summed E-state index contributed by atoms with van der Waals surface area (Å²) in [7, 11) is 0. The normalized spacial score (nSPS) is 12.1. The molecule has 0 fully saturated rings. The van der Waals surface area contributed by atoms with Gasteiger partial charge in [-0.15, -0.1) is 11.8 Å². The summed E-state index contributed by atoms with van der Waals surface area (Å²) in [5, 5.41) is 1.69. The number of anilines is 1. The summed E-state index contributed by atoms with van der Waals surface area (Å²) >= 11 is 3.11. The minimum Gasteiger partial charge on any atom is -0.384 e. The zero-order valence-electron chi connectivity index (χ0n) is 12.3. The average molecular weight is 318 g/mol. The Morgan fingerprint density at radius 3 is 2.76 bits per heavy atom. The van der Waals surface area contributed by atoms with E-state index in [4.69, 9.17) is 5.73 Å². The third-order valence-electron chi connectivity index (χ3n) is 2.88. The minimum absolute atomic E-state index is 0.140. The molecular formula is C15H18N4S2. The second-order valence-electron chi connectivity index (χ2n) is 4.63. The van der Waals surface area contributed by atoms with Crippen molar-refractivity contribution in [2.75, 3.05) is 12.0 Å². The lowest BCUT2D eigenvalue weighted by atomic mass is 10.1. The first-order valence-corrected chi connectivity index (χ1v) is 8.57. The van der Waals surface area contributed by atoms with Gasteiger partial charge in [-0.1, -0.05) is 23.9 Å². The molecule has 2 aromatic heterocycles. The van der Waals surface area contributed by atoms with Gasteiger partial charge in [-0.3, -0.25) is 4.98 Å². The largest absolute Gasteiger partial charge is 0.384 e. The molecule has 0 aromatic carbocycles. The van der Waals surface area contributed by atoms with Crippen LogP contribution in [0.25, 0.3) is 5.57 Å². The van der Waals surface area contributed by atoms with E-state index in [9.17, 15) is 0 Å². The summed E-state index contributed by atoms with van der Waals surface area (Å²) in [4.78, 5) is 13.2. The summed E-state index contributed by atoms with van der Waals surface area (Å²) in [6.07, 6.45) is 3.78. The number of hydrogen-bond acceptors (Lipinski definition) is 6. The molecular weight excluding hydrogens is 300 g/mol. The lowest BCUT2D eigenvalue weighted by Crippen LogP contribution is -1.99. The molecule has 110 valence electrons. The van der Waals surface area contributed by atoms with Crippen molar-refractivity contribution < 1.29 is 0 Å². The molecule has 0 bridgehead atoms. The van der Waals surface area contributed by atoms with Crippen molar-refractivity contribution >= 4 is 34.9 Å². The fourth-order valence-electron chi connectivity index (χ4n) is 1.73. The van der Waals surface area contributed by atoms with Gasteiger partial charge in [-0.2, -0.15) is 0 Å². The SMILES string of the molecule is C=C(C)c1ccnc(C(C)Sc2nc(N)cc(SC)n2)c1. The highest BCUT2D eigenvalue weighted by molar-refractivity contribution is 7.99. The van der Waals surface area contributed by atoms with E-state index < -0.39 is 0 Å². The third-order valence-corrected chi connectivity index (χ3v) is 4.50. The van der Waals surface area contributed by atoms with Crippen molar-refractivity contribution in [1.82, 2.24) is 15.0 Å². The maximum Gasteiger partial charge on any atom is 0.191 e. The monoisotopic (exact) mass is 318 g/mol. The van der Waals surface area contributed by atoms with Crippen molar-refractivity contribution in [2.45, 2.75) is 29.3 Å². The van der Waals surface area contributed by atoms with Crippen LogP contribution in [0.4, 0.5) is 5.82 Å². The highest BCUT2D eigenvalue weighted by Crippen LogP contribution is 2.33. The van der Waals surface area contributed by atoms with Gasteiger partial charge in [0.1, 0.15) is 10.8 Å². The predicted octanol–water partition coefficient (Wildman–Crippen LogP) is 4.06. The molecule has 0 aliphatic carbocycles. The molecule has 0 saturated carbocycles. The molecule has 6 heteroatoms. The van der Waals surface area contributed by atoms with Crippen LogP contribution >= 0.6 is 23.5 Å². The summed E-state index contributed by atoms with van der Waals surface area (Å²) in [6.45, 7) is 8.04. The van der Waals surface area contributed by atoms with Crippen LogP contribution in [0.3, 0.4) is 0 Å². The molecule has 21 heavy (non-hydrogen) atoms. The van der Waals surface area contributed by atoms with Crippen LogP contribution < -0.4 is 5.73 Å². The lowest BCUT2D eigenvalue weighted by molar-refractivity contribution is 0.888. The standard InChI is InChI=1S/C15H18N4S2/c1-9(2)11-5-6-17-12(7-11)10(3)21-15-18-13(16)8-14(19-15)20-4/h5-8,10H,1H2,2-4H3,(H2,16,18,19). The quantitative estimate of drug-likeness (QED) is 0.509. The Balaban J connectivity index is 2.21. The Morgan fingerprint density at radius 2 is 2.10 bits per heavy atom. The molecule has 0 aliphatic rings. The lowest BCUT2D eigenvalue weighted by Gasteiger charge is -2.11. The van der Waals surface area contributed by atoms with Crippen LogP contribution in [0.15, 0.2) is 41.2 Å². The van der Waals surface area contributed by atoms with Crippen LogP contribution in [0.2, 0.25) is 0 Å². The molecule has 2 rings (SSSR count). The molecule has 0 aliphatic heterocycles. The van der Waals surface area contributed by atoms with Gasteiger partial charge in [-0.05, 0) is 37.8 Å². The maximum atomic E-state index is 5.81. The summed E-state index contributed by atoms with van der Waals surface area (Å²) in [5.74, 6) is 0.493. The van der Waals surface area contributed by atoms with Gasteiger partial charge in [0.05, 0.1) is 10.9 Å². The molecule has 0 saturated heterocycles. The Kier molecular flexibility index (Phi) is 5.25. The number of rotatable bonds is 5. The summed E-state index contributed by atoms with van der Waals surface area (Å²) in [5.41, 5.74) is 8.92. The van der Waals surface area contributed by atoms with Gasteiger partial charge in [0.2, 0.25) is 0 Å². The molecule has 1 atom stereocenters. The van der Waals surface area contributed by atoms with E-state index in [1.807, 2.05) is 25.4 Å². The number of hydrogen-bond donors (Lipinski definition) is 1. The Hall–Kier alpha value is -1.53. The van der Waals surface area contributed by atoms with Crippen molar-refractivity contribution in [2.24, 2.45) is 0 Å². The third kappa shape index (κ3) is 4.22. The van der Waals surface area contributed by atoms with Crippen LogP contribution in [-0.2, 0) is 0 Å². The number of nitrogens with zero attached hydrogens (tertiary/aromatic N) is 3. The molecule has 2 heterocycles. The minimum atomic E-state index is 0.140. The Morgan fingerprint density at radius 1 is 1.33 bits per heavy atom. The van der Waals surface area contributed by atoms with E-state index in [1.165, 1.54) is 0 Å². The number of nitrogens with two attached hydrogens (primary N) is 1. The molecule has 0 radical (unpaired) electrons. The van der Waals surface area contributed by atoms with Gasteiger partial charge < -0.3 is 5.73 Å². The van der Waals surface area contributed by atoms with Gasteiger partial charge in [-0.25, -0.2) is 9.97 Å². The van der Waals surface area contributed by atoms with Crippen molar-refractivity contribution in [3.8, 4) is 0 Å². The van der Waals surface area contributed by atoms with Crippen LogP contribution in [0.5, 0.6) is 0 Å². The number of nitrogen functional groups attached to an aromatic ring is 1. The molecule has 0 amide bonds. The fraction of sp³-hybridized carbons (Fsp3) is 0.267. The van der Waals surface area contributed by atoms with E-state index in [2.05, 4.69) is 34.5 Å². The van der Waals surface area contributed by atoms with Gasteiger partial charge >= 0.3 is 0 Å². The molecule has 2 aromatic rings. The zero-order valence-corrected chi connectivity index (χ0v) is 14.0. The van der Waals surface area contributed by atoms with Crippen molar-refractivity contribution in [1.29, 1.82) is 0 Å². The van der Waals surface area contributed by atoms with E-state index in [0.717, 1.165) is 21.9 Å². The molecule has 1 unspecified atom stereocenters. The number of thioether (sulfide) groups is 2. The van der Waals surface area contributed by atoms with Gasteiger partial charge in [0.15, 0.2) is 5.16 Å². The van der Waals surface area contributed by atoms with E-state index in [0.29, 0.717) is 11.0 Å². The van der Waals surface area contributed by atoms with Crippen molar-refractivity contribution in [3.63, 3.8) is 0 Å². The molecule has 0 spiro atoms. The highest BCUT2D eigenvalue weighted by Gasteiger charge is 2.13. The van der Waals surface area contributed by atoms with E-state index in [-0.39, 0.29) is 5.25 Å². The molecule has 2 N–H and O–H groups in total.